The van der Waals surface area contributed by atoms with Crippen molar-refractivity contribution >= 4 is 27.2 Å². The molecular formula is C13H16N4O2S2. The first-order chi connectivity index (χ1) is 10.0. The first kappa shape index (κ1) is 15.6. The van der Waals surface area contributed by atoms with Crippen molar-refractivity contribution in [2.24, 2.45) is 5.73 Å². The van der Waals surface area contributed by atoms with Crippen molar-refractivity contribution < 1.29 is 8.42 Å². The van der Waals surface area contributed by atoms with Crippen LogP contribution < -0.4 is 10.5 Å². The topological polar surface area (TPSA) is 90.0 Å². The van der Waals surface area contributed by atoms with Gasteiger partial charge in [0, 0.05) is 31.0 Å². The van der Waals surface area contributed by atoms with Crippen LogP contribution in [0.5, 0.6) is 0 Å². The summed E-state index contributed by atoms with van der Waals surface area (Å²) in [5, 5.41) is 4.05. The molecule has 0 saturated heterocycles. The number of sulfonamides is 1. The van der Waals surface area contributed by atoms with Gasteiger partial charge >= 0.3 is 0 Å². The van der Waals surface area contributed by atoms with E-state index in [-0.39, 0.29) is 9.88 Å². The number of hydrogen-bond acceptors (Lipinski definition) is 4. The maximum atomic E-state index is 12.3. The Bertz CT molecular complexity index is 712. The zero-order valence-electron chi connectivity index (χ0n) is 11.3. The molecule has 2 rings (SSSR count). The number of nitrogens with zero attached hydrogens (tertiary/aromatic N) is 2. The highest BCUT2D eigenvalue weighted by atomic mass is 32.2. The minimum Gasteiger partial charge on any atom is -0.389 e. The fourth-order valence-corrected chi connectivity index (χ4v) is 3.40. The van der Waals surface area contributed by atoms with Gasteiger partial charge in [-0.15, -0.1) is 0 Å². The summed E-state index contributed by atoms with van der Waals surface area (Å²) >= 11 is 4.88. The number of nitrogens with two attached hydrogens (primary N) is 1. The molecule has 1 aromatic carbocycles. The monoisotopic (exact) mass is 324 g/mol. The minimum absolute atomic E-state index is 0.0625. The standard InChI is InChI=1S/C13H16N4O2S2/c14-13(20)11-5-1-2-6-12(11)21(18,19)16-8-4-10-17-9-3-7-15-17/h1-3,5-7,9,16H,4,8,10H2,(H2,14,20). The van der Waals surface area contributed by atoms with E-state index in [1.807, 2.05) is 12.3 Å². The Balaban J connectivity index is 2.00. The molecule has 112 valence electrons. The van der Waals surface area contributed by atoms with Gasteiger partial charge in [0.15, 0.2) is 0 Å². The van der Waals surface area contributed by atoms with E-state index in [9.17, 15) is 8.42 Å². The van der Waals surface area contributed by atoms with E-state index in [4.69, 9.17) is 18.0 Å². The highest BCUT2D eigenvalue weighted by Gasteiger charge is 2.18. The Hall–Kier alpha value is -1.77. The van der Waals surface area contributed by atoms with E-state index < -0.39 is 10.0 Å². The van der Waals surface area contributed by atoms with Gasteiger partial charge in [-0.2, -0.15) is 5.10 Å². The van der Waals surface area contributed by atoms with Crippen molar-refractivity contribution in [2.45, 2.75) is 17.9 Å². The Morgan fingerprint density at radius 1 is 1.33 bits per heavy atom. The number of aryl methyl sites for hydroxylation is 1. The molecule has 21 heavy (non-hydrogen) atoms. The van der Waals surface area contributed by atoms with Crippen LogP contribution in [-0.4, -0.2) is 29.7 Å². The van der Waals surface area contributed by atoms with Crippen molar-refractivity contribution in [3.8, 4) is 0 Å². The van der Waals surface area contributed by atoms with E-state index in [1.54, 1.807) is 29.1 Å². The summed E-state index contributed by atoms with van der Waals surface area (Å²) in [6, 6.07) is 8.25. The van der Waals surface area contributed by atoms with Gasteiger partial charge in [-0.3, -0.25) is 4.68 Å². The lowest BCUT2D eigenvalue weighted by Gasteiger charge is -2.10. The molecule has 2 aromatic rings. The number of benzene rings is 1. The van der Waals surface area contributed by atoms with E-state index in [0.717, 1.165) is 0 Å². The van der Waals surface area contributed by atoms with Gasteiger partial charge in [-0.05, 0) is 18.6 Å². The average molecular weight is 324 g/mol. The molecule has 0 bridgehead atoms. The first-order valence-corrected chi connectivity index (χ1v) is 8.26. The van der Waals surface area contributed by atoms with E-state index in [2.05, 4.69) is 9.82 Å². The summed E-state index contributed by atoms with van der Waals surface area (Å²) in [7, 11) is -3.62. The number of hydrogen-bond donors (Lipinski definition) is 2. The van der Waals surface area contributed by atoms with Crippen molar-refractivity contribution in [3.63, 3.8) is 0 Å². The van der Waals surface area contributed by atoms with Crippen LogP contribution in [0.15, 0.2) is 47.6 Å². The van der Waals surface area contributed by atoms with Gasteiger partial charge in [0.2, 0.25) is 10.0 Å². The van der Waals surface area contributed by atoms with E-state index in [1.165, 1.54) is 6.07 Å². The summed E-state index contributed by atoms with van der Waals surface area (Å²) in [5.74, 6) is 0. The van der Waals surface area contributed by atoms with Crippen LogP contribution in [0, 0.1) is 0 Å². The van der Waals surface area contributed by atoms with Gasteiger partial charge in [0.25, 0.3) is 0 Å². The van der Waals surface area contributed by atoms with E-state index in [0.29, 0.717) is 25.1 Å². The third kappa shape index (κ3) is 4.10. The van der Waals surface area contributed by atoms with Gasteiger partial charge in [-0.25, -0.2) is 13.1 Å². The molecule has 0 radical (unpaired) electrons. The first-order valence-electron chi connectivity index (χ1n) is 6.36. The molecule has 0 saturated carbocycles. The third-order valence-corrected chi connectivity index (χ3v) is 4.60. The summed E-state index contributed by atoms with van der Waals surface area (Å²) in [5.41, 5.74) is 5.91. The largest absolute Gasteiger partial charge is 0.389 e. The SMILES string of the molecule is NC(=S)c1ccccc1S(=O)(=O)NCCCn1cccn1. The molecule has 0 unspecified atom stereocenters. The maximum Gasteiger partial charge on any atom is 0.241 e. The van der Waals surface area contributed by atoms with Gasteiger partial charge in [0.05, 0.1) is 4.90 Å². The van der Waals surface area contributed by atoms with Gasteiger partial charge in [-0.1, -0.05) is 30.4 Å². The molecule has 3 N–H and O–H groups in total. The molecule has 0 amide bonds. The molecule has 8 heteroatoms. The third-order valence-electron chi connectivity index (χ3n) is 2.86. The van der Waals surface area contributed by atoms with Gasteiger partial charge < -0.3 is 5.73 Å². The van der Waals surface area contributed by atoms with Crippen molar-refractivity contribution in [3.05, 3.63) is 48.3 Å². The molecule has 0 aliphatic carbocycles. The second-order valence-electron chi connectivity index (χ2n) is 4.38. The van der Waals surface area contributed by atoms with Crippen LogP contribution in [-0.2, 0) is 16.6 Å². The van der Waals surface area contributed by atoms with Crippen molar-refractivity contribution in [2.75, 3.05) is 6.54 Å². The predicted molar refractivity (Wildman–Crippen MR) is 84.4 cm³/mol. The molecule has 0 atom stereocenters. The van der Waals surface area contributed by atoms with Crippen LogP contribution in [0.2, 0.25) is 0 Å². The Labute approximate surface area is 129 Å². The zero-order valence-corrected chi connectivity index (χ0v) is 12.9. The highest BCUT2D eigenvalue weighted by molar-refractivity contribution is 7.89. The predicted octanol–water partition coefficient (Wildman–Crippen LogP) is 0.886. The van der Waals surface area contributed by atoms with Crippen LogP contribution in [0.25, 0.3) is 0 Å². The normalized spacial score (nSPS) is 11.4. The minimum atomic E-state index is -3.62. The smallest absolute Gasteiger partial charge is 0.241 e. The molecule has 0 spiro atoms. The molecular weight excluding hydrogens is 308 g/mol. The zero-order chi connectivity index (χ0) is 15.3. The van der Waals surface area contributed by atoms with Crippen LogP contribution in [0.1, 0.15) is 12.0 Å². The molecule has 0 aliphatic heterocycles. The summed E-state index contributed by atoms with van der Waals surface area (Å²) in [4.78, 5) is 0.170. The quantitative estimate of drug-likeness (QED) is 0.583. The molecule has 0 fully saturated rings. The lowest BCUT2D eigenvalue weighted by molar-refractivity contribution is 0.553. The molecule has 0 aliphatic rings. The number of thiocarbonyl (C=S) groups is 1. The Morgan fingerprint density at radius 3 is 2.76 bits per heavy atom. The fraction of sp³-hybridized carbons (Fsp3) is 0.231. The maximum absolute atomic E-state index is 12.3. The lowest BCUT2D eigenvalue weighted by Crippen LogP contribution is -2.28. The molecule has 6 nitrogen and oxygen atoms in total. The second-order valence-corrected chi connectivity index (χ2v) is 6.56. The number of aromatic nitrogens is 2. The van der Waals surface area contributed by atoms with Crippen LogP contribution in [0.3, 0.4) is 0 Å². The van der Waals surface area contributed by atoms with Crippen molar-refractivity contribution in [1.29, 1.82) is 0 Å². The lowest BCUT2D eigenvalue weighted by atomic mass is 10.2. The average Bonchev–Trinajstić information content (AvgIpc) is 2.97. The summed E-state index contributed by atoms with van der Waals surface area (Å²) < 4.78 is 28.8. The molecule has 1 aromatic heterocycles. The Morgan fingerprint density at radius 2 is 2.10 bits per heavy atom. The fourth-order valence-electron chi connectivity index (χ4n) is 1.86. The Kier molecular flexibility index (Phi) is 5.05. The number of nitrogens with one attached hydrogen (secondary N) is 1. The molecule has 1 heterocycles. The van der Waals surface area contributed by atoms with E-state index >= 15 is 0 Å². The van der Waals surface area contributed by atoms with Crippen molar-refractivity contribution in [1.82, 2.24) is 14.5 Å². The number of rotatable bonds is 7. The van der Waals surface area contributed by atoms with Crippen LogP contribution in [0.4, 0.5) is 0 Å². The highest BCUT2D eigenvalue weighted by Crippen LogP contribution is 2.15. The summed E-state index contributed by atoms with van der Waals surface area (Å²) in [6.07, 6.45) is 4.15. The van der Waals surface area contributed by atoms with Crippen LogP contribution >= 0.6 is 12.2 Å². The van der Waals surface area contributed by atoms with Gasteiger partial charge in [0.1, 0.15) is 4.99 Å². The summed E-state index contributed by atoms with van der Waals surface area (Å²) in [6.45, 7) is 0.959. The second kappa shape index (κ2) is 6.79.